The maximum atomic E-state index is 12.3. The summed E-state index contributed by atoms with van der Waals surface area (Å²) in [5.74, 6) is -0.405. The number of pyridine rings is 1. The molecule has 0 aliphatic rings. The molecule has 24 heavy (non-hydrogen) atoms. The van der Waals surface area contributed by atoms with Gasteiger partial charge in [0.05, 0.1) is 11.3 Å². The van der Waals surface area contributed by atoms with Gasteiger partial charge < -0.3 is 0 Å². The van der Waals surface area contributed by atoms with Crippen LogP contribution in [0.5, 0.6) is 0 Å². The molecule has 2 heterocycles. The van der Waals surface area contributed by atoms with Crippen LogP contribution in [0.15, 0.2) is 41.3 Å². The molecule has 0 radical (unpaired) electrons. The molecule has 1 N–H and O–H groups in total. The van der Waals surface area contributed by atoms with Crippen LogP contribution in [-0.2, 0) is 23.6 Å². The molecule has 1 aromatic carbocycles. The second kappa shape index (κ2) is 5.88. The topological polar surface area (TPSA) is 94.2 Å². The van der Waals surface area contributed by atoms with Gasteiger partial charge in [-0.25, -0.2) is 0 Å². The third-order valence-electron chi connectivity index (χ3n) is 4.02. The molecule has 0 unspecified atom stereocenters. The quantitative estimate of drug-likeness (QED) is 0.721. The lowest BCUT2D eigenvalue weighted by atomic mass is 10.2. The molecule has 0 spiro atoms. The van der Waals surface area contributed by atoms with Gasteiger partial charge in [-0.15, -0.1) is 0 Å². The van der Waals surface area contributed by atoms with E-state index in [0.717, 1.165) is 16.6 Å². The Labute approximate surface area is 138 Å². The van der Waals surface area contributed by atoms with Crippen molar-refractivity contribution in [2.24, 2.45) is 7.05 Å². The first-order valence-corrected chi connectivity index (χ1v) is 8.96. The predicted octanol–water partition coefficient (Wildman–Crippen LogP) is 1.46. The Bertz CT molecular complexity index is 1080. The van der Waals surface area contributed by atoms with Crippen LogP contribution in [0.3, 0.4) is 0 Å². The largest absolute Gasteiger partial charge is 0.286 e. The summed E-state index contributed by atoms with van der Waals surface area (Å²) in [7, 11) is -2.18. The first-order valence-electron chi connectivity index (χ1n) is 7.35. The van der Waals surface area contributed by atoms with Crippen LogP contribution in [0, 0.1) is 6.92 Å². The van der Waals surface area contributed by atoms with Gasteiger partial charge in [-0.2, -0.15) is 13.5 Å². The Hall–Kier alpha value is -2.45. The number of benzene rings is 1. The van der Waals surface area contributed by atoms with E-state index < -0.39 is 15.9 Å². The molecule has 126 valence electrons. The van der Waals surface area contributed by atoms with Crippen molar-refractivity contribution in [2.45, 2.75) is 13.3 Å². The molecule has 2 aromatic heterocycles. The molecule has 0 aliphatic carbocycles. The second-order valence-corrected chi connectivity index (χ2v) is 7.26. The first kappa shape index (κ1) is 16.4. The maximum absolute atomic E-state index is 12.3. The normalized spacial score (nSPS) is 12.0. The molecule has 8 heteroatoms. The minimum atomic E-state index is -4.04. The Morgan fingerprint density at radius 2 is 1.96 bits per heavy atom. The Balaban J connectivity index is 1.98. The number of hydrogen-bond donors (Lipinski definition) is 1. The minimum absolute atomic E-state index is 0.0929. The zero-order chi connectivity index (χ0) is 17.5. The zero-order valence-electron chi connectivity index (χ0n) is 13.3. The SMILES string of the molecule is Cc1c2cc(-n3ccc(CCS(=O)(=O)O)cc3=O)ccc2nn1C. The molecule has 0 bridgehead atoms. The minimum Gasteiger partial charge on any atom is -0.286 e. The molecular weight excluding hydrogens is 330 g/mol. The summed E-state index contributed by atoms with van der Waals surface area (Å²) in [6.07, 6.45) is 1.70. The Morgan fingerprint density at radius 3 is 2.62 bits per heavy atom. The van der Waals surface area contributed by atoms with E-state index in [2.05, 4.69) is 5.10 Å². The smallest absolute Gasteiger partial charge is 0.265 e. The van der Waals surface area contributed by atoms with Gasteiger partial charge in [-0.05, 0) is 43.2 Å². The van der Waals surface area contributed by atoms with Gasteiger partial charge in [-0.3, -0.25) is 18.6 Å². The highest BCUT2D eigenvalue weighted by Gasteiger charge is 2.09. The zero-order valence-corrected chi connectivity index (χ0v) is 14.1. The number of fused-ring (bicyclic) bond motifs is 1. The van der Waals surface area contributed by atoms with Crippen molar-refractivity contribution in [2.75, 3.05) is 5.75 Å². The molecule has 0 atom stereocenters. The van der Waals surface area contributed by atoms with Crippen LogP contribution in [0.2, 0.25) is 0 Å². The first-order chi connectivity index (χ1) is 11.2. The lowest BCUT2D eigenvalue weighted by Crippen LogP contribution is -2.18. The number of hydrogen-bond acceptors (Lipinski definition) is 4. The molecule has 3 rings (SSSR count). The molecule has 0 saturated heterocycles. The van der Waals surface area contributed by atoms with E-state index in [1.165, 1.54) is 10.6 Å². The van der Waals surface area contributed by atoms with Crippen molar-refractivity contribution in [1.82, 2.24) is 14.3 Å². The molecule has 0 amide bonds. The van der Waals surface area contributed by atoms with Crippen molar-refractivity contribution in [1.29, 1.82) is 0 Å². The summed E-state index contributed by atoms with van der Waals surface area (Å²) in [5, 5.41) is 5.35. The van der Waals surface area contributed by atoms with Crippen molar-refractivity contribution in [3.05, 3.63) is 58.1 Å². The van der Waals surface area contributed by atoms with E-state index in [0.29, 0.717) is 11.3 Å². The van der Waals surface area contributed by atoms with Gasteiger partial charge in [0.15, 0.2) is 0 Å². The van der Waals surface area contributed by atoms with Gasteiger partial charge in [-0.1, -0.05) is 0 Å². The second-order valence-electron chi connectivity index (χ2n) is 5.69. The number of aryl methyl sites for hydroxylation is 3. The third-order valence-corrected chi connectivity index (χ3v) is 4.74. The highest BCUT2D eigenvalue weighted by molar-refractivity contribution is 7.85. The van der Waals surface area contributed by atoms with E-state index in [9.17, 15) is 13.2 Å². The summed E-state index contributed by atoms with van der Waals surface area (Å²) in [4.78, 5) is 12.3. The lowest BCUT2D eigenvalue weighted by molar-refractivity contribution is 0.482. The van der Waals surface area contributed by atoms with E-state index in [-0.39, 0.29) is 12.0 Å². The number of nitrogens with zero attached hydrogens (tertiary/aromatic N) is 3. The fraction of sp³-hybridized carbons (Fsp3) is 0.250. The summed E-state index contributed by atoms with van der Waals surface area (Å²) >= 11 is 0. The molecular formula is C16H17N3O4S. The molecule has 3 aromatic rings. The van der Waals surface area contributed by atoms with Crippen LogP contribution >= 0.6 is 0 Å². The van der Waals surface area contributed by atoms with Crippen LogP contribution in [-0.4, -0.2) is 33.1 Å². The lowest BCUT2D eigenvalue weighted by Gasteiger charge is -2.07. The maximum Gasteiger partial charge on any atom is 0.265 e. The molecule has 0 saturated carbocycles. The summed E-state index contributed by atoms with van der Waals surface area (Å²) in [6.45, 7) is 1.96. The van der Waals surface area contributed by atoms with Gasteiger partial charge in [0.2, 0.25) is 0 Å². The van der Waals surface area contributed by atoms with Crippen LogP contribution in [0.1, 0.15) is 11.3 Å². The van der Waals surface area contributed by atoms with Gasteiger partial charge in [0.1, 0.15) is 0 Å². The molecule has 7 nitrogen and oxygen atoms in total. The Kier molecular flexibility index (Phi) is 4.02. The third kappa shape index (κ3) is 3.24. The van der Waals surface area contributed by atoms with Crippen molar-refractivity contribution in [3.63, 3.8) is 0 Å². The average Bonchev–Trinajstić information content (AvgIpc) is 2.79. The highest BCUT2D eigenvalue weighted by Crippen LogP contribution is 2.20. The van der Waals surface area contributed by atoms with Crippen LogP contribution < -0.4 is 5.56 Å². The number of aromatic nitrogens is 3. The standard InChI is InChI=1S/C16H17N3O4S/c1-11-14-10-13(3-4-15(14)17-18(11)2)19-7-5-12(9-16(19)20)6-8-24(21,22)23/h3-5,7,9-10H,6,8H2,1-2H3,(H,21,22,23). The van der Waals surface area contributed by atoms with E-state index in [1.54, 1.807) is 16.9 Å². The fourth-order valence-electron chi connectivity index (χ4n) is 2.60. The Morgan fingerprint density at radius 1 is 1.21 bits per heavy atom. The van der Waals surface area contributed by atoms with Crippen LogP contribution in [0.4, 0.5) is 0 Å². The van der Waals surface area contributed by atoms with Crippen LogP contribution in [0.25, 0.3) is 16.6 Å². The van der Waals surface area contributed by atoms with E-state index in [1.807, 2.05) is 32.2 Å². The predicted molar refractivity (Wildman–Crippen MR) is 91.2 cm³/mol. The molecule has 0 aliphatic heterocycles. The monoisotopic (exact) mass is 347 g/mol. The van der Waals surface area contributed by atoms with Gasteiger partial charge in [0.25, 0.3) is 15.7 Å². The summed E-state index contributed by atoms with van der Waals surface area (Å²) < 4.78 is 33.7. The average molecular weight is 347 g/mol. The van der Waals surface area contributed by atoms with Gasteiger partial charge in [0, 0.05) is 36.1 Å². The summed E-state index contributed by atoms with van der Waals surface area (Å²) in [5.41, 5.74) is 2.88. The fourth-order valence-corrected chi connectivity index (χ4v) is 3.09. The van der Waals surface area contributed by atoms with Crippen molar-refractivity contribution in [3.8, 4) is 5.69 Å². The van der Waals surface area contributed by atoms with E-state index in [4.69, 9.17) is 4.55 Å². The van der Waals surface area contributed by atoms with E-state index >= 15 is 0 Å². The summed E-state index contributed by atoms with van der Waals surface area (Å²) in [6, 6.07) is 8.62. The highest BCUT2D eigenvalue weighted by atomic mass is 32.2. The van der Waals surface area contributed by atoms with Crippen molar-refractivity contribution >= 4 is 21.0 Å². The molecule has 0 fully saturated rings. The van der Waals surface area contributed by atoms with Gasteiger partial charge >= 0.3 is 0 Å². The van der Waals surface area contributed by atoms with Crippen molar-refractivity contribution < 1.29 is 13.0 Å². The number of rotatable bonds is 4.